The zero-order valence-electron chi connectivity index (χ0n) is 11.0. The molecule has 0 aliphatic heterocycles. The normalized spacial score (nSPS) is 14.2. The third kappa shape index (κ3) is 1.97. The van der Waals surface area contributed by atoms with Crippen molar-refractivity contribution >= 4 is 16.9 Å². The van der Waals surface area contributed by atoms with Gasteiger partial charge in [0.25, 0.3) is 0 Å². The summed E-state index contributed by atoms with van der Waals surface area (Å²) >= 11 is 0. The first kappa shape index (κ1) is 11.8. The Bertz CT molecular complexity index is 550. The van der Waals surface area contributed by atoms with Gasteiger partial charge < -0.3 is 5.73 Å². The highest BCUT2D eigenvalue weighted by atomic mass is 15.3. The van der Waals surface area contributed by atoms with Crippen molar-refractivity contribution in [3.05, 3.63) is 12.0 Å². The first-order chi connectivity index (χ1) is 7.80. The molecule has 0 radical (unpaired) electrons. The molecular formula is C12H19N5. The van der Waals surface area contributed by atoms with Crippen LogP contribution in [0.25, 0.3) is 11.0 Å². The lowest BCUT2D eigenvalue weighted by molar-refractivity contribution is 0.249. The van der Waals surface area contributed by atoms with Gasteiger partial charge in [-0.25, -0.2) is 14.6 Å². The quantitative estimate of drug-likeness (QED) is 0.820. The molecule has 5 heteroatoms. The Balaban J connectivity index is 2.64. The van der Waals surface area contributed by atoms with E-state index in [-0.39, 0.29) is 11.5 Å². The second-order valence-corrected chi connectivity index (χ2v) is 5.52. The number of fused-ring (bicyclic) bond motifs is 1. The molecule has 1 atom stereocenters. The second kappa shape index (κ2) is 3.68. The zero-order chi connectivity index (χ0) is 12.8. The second-order valence-electron chi connectivity index (χ2n) is 5.52. The fraction of sp³-hybridized carbons (Fsp3) is 0.583. The van der Waals surface area contributed by atoms with Gasteiger partial charge >= 0.3 is 0 Å². The van der Waals surface area contributed by atoms with Gasteiger partial charge in [0.2, 0.25) is 0 Å². The molecule has 5 nitrogen and oxygen atoms in total. The van der Waals surface area contributed by atoms with Crippen molar-refractivity contribution < 1.29 is 0 Å². The topological polar surface area (TPSA) is 69.6 Å². The number of nitrogens with zero attached hydrogens (tertiary/aromatic N) is 4. The van der Waals surface area contributed by atoms with Crippen LogP contribution in [-0.2, 0) is 0 Å². The minimum Gasteiger partial charge on any atom is -0.383 e. The summed E-state index contributed by atoms with van der Waals surface area (Å²) < 4.78 is 1.93. The molecule has 0 unspecified atom stereocenters. The van der Waals surface area contributed by atoms with Crippen LogP contribution in [0.5, 0.6) is 0 Å². The van der Waals surface area contributed by atoms with Crippen molar-refractivity contribution in [1.29, 1.82) is 0 Å². The Morgan fingerprint density at radius 1 is 1.29 bits per heavy atom. The molecule has 2 aromatic rings. The lowest BCUT2D eigenvalue weighted by atomic mass is 9.88. The molecule has 0 saturated heterocycles. The van der Waals surface area contributed by atoms with Gasteiger partial charge in [-0.05, 0) is 19.3 Å². The van der Waals surface area contributed by atoms with E-state index in [1.165, 1.54) is 0 Å². The van der Waals surface area contributed by atoms with E-state index in [4.69, 9.17) is 5.73 Å². The average molecular weight is 233 g/mol. The zero-order valence-corrected chi connectivity index (χ0v) is 11.0. The van der Waals surface area contributed by atoms with E-state index >= 15 is 0 Å². The molecule has 0 aliphatic carbocycles. The van der Waals surface area contributed by atoms with E-state index in [2.05, 4.69) is 42.8 Å². The third-order valence-electron chi connectivity index (χ3n) is 3.22. The summed E-state index contributed by atoms with van der Waals surface area (Å²) in [7, 11) is 0. The largest absolute Gasteiger partial charge is 0.383 e. The molecule has 0 spiro atoms. The monoisotopic (exact) mass is 233 g/mol. The van der Waals surface area contributed by atoms with Crippen LogP contribution in [0.1, 0.15) is 39.6 Å². The molecule has 2 heterocycles. The summed E-state index contributed by atoms with van der Waals surface area (Å²) in [4.78, 5) is 8.59. The number of rotatable bonds is 1. The predicted molar refractivity (Wildman–Crippen MR) is 68.6 cm³/mol. The van der Waals surface area contributed by atoms with E-state index in [1.54, 1.807) is 6.20 Å². The van der Waals surface area contributed by atoms with Crippen LogP contribution < -0.4 is 5.73 Å². The highest BCUT2D eigenvalue weighted by Crippen LogP contribution is 2.32. The van der Waals surface area contributed by atoms with Crippen LogP contribution in [0, 0.1) is 12.3 Å². The molecule has 0 fully saturated rings. The fourth-order valence-corrected chi connectivity index (χ4v) is 1.71. The average Bonchev–Trinajstić information content (AvgIpc) is 2.58. The molecule has 0 bridgehead atoms. The summed E-state index contributed by atoms with van der Waals surface area (Å²) in [6, 6.07) is 0.244. The molecule has 0 aromatic carbocycles. The Hall–Kier alpha value is -1.65. The van der Waals surface area contributed by atoms with Crippen LogP contribution in [0.3, 0.4) is 0 Å². The van der Waals surface area contributed by atoms with E-state index in [9.17, 15) is 0 Å². The van der Waals surface area contributed by atoms with Gasteiger partial charge in [-0.2, -0.15) is 5.10 Å². The van der Waals surface area contributed by atoms with Crippen molar-refractivity contribution in [3.63, 3.8) is 0 Å². The van der Waals surface area contributed by atoms with E-state index in [0.717, 1.165) is 11.0 Å². The highest BCUT2D eigenvalue weighted by molar-refractivity contribution is 5.85. The molecule has 0 amide bonds. The Morgan fingerprint density at radius 3 is 2.53 bits per heavy atom. The number of hydrogen-bond acceptors (Lipinski definition) is 4. The lowest BCUT2D eigenvalue weighted by Gasteiger charge is -2.27. The summed E-state index contributed by atoms with van der Waals surface area (Å²) in [6.07, 6.45) is 1.74. The summed E-state index contributed by atoms with van der Waals surface area (Å²) in [5.74, 6) is 1.18. The van der Waals surface area contributed by atoms with Crippen molar-refractivity contribution in [1.82, 2.24) is 19.7 Å². The maximum Gasteiger partial charge on any atom is 0.163 e. The van der Waals surface area contributed by atoms with Gasteiger partial charge in [0.05, 0.1) is 17.6 Å². The minimum absolute atomic E-state index is 0.118. The molecule has 17 heavy (non-hydrogen) atoms. The van der Waals surface area contributed by atoms with Crippen LogP contribution in [0.15, 0.2) is 6.20 Å². The standard InChI is InChI=1S/C12H19N5/c1-7(12(3,4)5)17-11-9(6-14-17)10(13)15-8(2)16-11/h6-7H,1-5H3,(H2,13,15,16)/t7-/m1/s1. The number of anilines is 1. The molecule has 2 rings (SSSR count). The molecular weight excluding hydrogens is 214 g/mol. The smallest absolute Gasteiger partial charge is 0.163 e. The lowest BCUT2D eigenvalue weighted by Crippen LogP contribution is -2.22. The molecule has 0 saturated carbocycles. The van der Waals surface area contributed by atoms with Crippen molar-refractivity contribution in [2.45, 2.75) is 40.7 Å². The van der Waals surface area contributed by atoms with E-state index in [0.29, 0.717) is 11.6 Å². The molecule has 2 N–H and O–H groups in total. The Labute approximate surface area is 101 Å². The van der Waals surface area contributed by atoms with Crippen LogP contribution in [-0.4, -0.2) is 19.7 Å². The highest BCUT2D eigenvalue weighted by Gasteiger charge is 2.24. The maximum absolute atomic E-state index is 5.88. The van der Waals surface area contributed by atoms with Crippen molar-refractivity contribution in [2.75, 3.05) is 5.73 Å². The number of hydrogen-bond donors (Lipinski definition) is 1. The van der Waals surface area contributed by atoms with E-state index in [1.807, 2.05) is 11.6 Å². The Kier molecular flexibility index (Phi) is 2.56. The maximum atomic E-state index is 5.88. The van der Waals surface area contributed by atoms with Crippen LogP contribution in [0.4, 0.5) is 5.82 Å². The van der Waals surface area contributed by atoms with Gasteiger partial charge in [-0.1, -0.05) is 20.8 Å². The summed E-state index contributed by atoms with van der Waals surface area (Å²) in [6.45, 7) is 10.5. The Morgan fingerprint density at radius 2 is 1.94 bits per heavy atom. The van der Waals surface area contributed by atoms with Gasteiger partial charge in [-0.15, -0.1) is 0 Å². The van der Waals surface area contributed by atoms with Gasteiger partial charge in [0, 0.05) is 0 Å². The molecule has 2 aromatic heterocycles. The predicted octanol–water partition coefficient (Wildman–Crippen LogP) is 2.32. The summed E-state index contributed by atoms with van der Waals surface area (Å²) in [5, 5.41) is 5.22. The van der Waals surface area contributed by atoms with Crippen LogP contribution >= 0.6 is 0 Å². The van der Waals surface area contributed by atoms with E-state index < -0.39 is 0 Å². The minimum atomic E-state index is 0.118. The van der Waals surface area contributed by atoms with Crippen molar-refractivity contribution in [2.24, 2.45) is 5.41 Å². The third-order valence-corrected chi connectivity index (χ3v) is 3.22. The van der Waals surface area contributed by atoms with Gasteiger partial charge in [0.15, 0.2) is 5.65 Å². The number of aryl methyl sites for hydroxylation is 1. The molecule has 92 valence electrons. The number of nitrogens with two attached hydrogens (primary N) is 1. The first-order valence-corrected chi connectivity index (χ1v) is 5.78. The number of nitrogen functional groups attached to an aromatic ring is 1. The van der Waals surface area contributed by atoms with Gasteiger partial charge in [-0.3, -0.25) is 0 Å². The van der Waals surface area contributed by atoms with Crippen LogP contribution in [0.2, 0.25) is 0 Å². The van der Waals surface area contributed by atoms with Crippen molar-refractivity contribution in [3.8, 4) is 0 Å². The summed E-state index contributed by atoms with van der Waals surface area (Å²) in [5.41, 5.74) is 6.81. The SMILES string of the molecule is Cc1nc(N)c2cnn([C@H](C)C(C)(C)C)c2n1. The molecule has 0 aliphatic rings. The van der Waals surface area contributed by atoms with Gasteiger partial charge in [0.1, 0.15) is 11.6 Å². The fourth-order valence-electron chi connectivity index (χ4n) is 1.71. The number of aromatic nitrogens is 4. The first-order valence-electron chi connectivity index (χ1n) is 5.78.